The molecular formula is C36H40N4O7S. The van der Waals surface area contributed by atoms with Gasteiger partial charge in [-0.05, 0) is 74.3 Å². The van der Waals surface area contributed by atoms with E-state index >= 15 is 0 Å². The number of rotatable bonds is 6. The van der Waals surface area contributed by atoms with Crippen molar-refractivity contribution in [2.75, 3.05) is 20.2 Å². The Morgan fingerprint density at radius 2 is 1.83 bits per heavy atom. The van der Waals surface area contributed by atoms with Crippen LogP contribution in [-0.4, -0.2) is 73.8 Å². The molecule has 2 aromatic carbocycles. The van der Waals surface area contributed by atoms with Gasteiger partial charge >= 0.3 is 0 Å². The number of allylic oxidation sites excluding steroid dienone is 1. The van der Waals surface area contributed by atoms with Gasteiger partial charge in [0.05, 0.1) is 17.1 Å². The molecule has 12 heteroatoms. The number of carbonyl (C=O) groups excluding carboxylic acids is 3. The fourth-order valence-corrected chi connectivity index (χ4v) is 8.54. The number of fused-ring (bicyclic) bond motifs is 6. The van der Waals surface area contributed by atoms with Crippen molar-refractivity contribution in [1.82, 2.24) is 14.9 Å². The molecule has 252 valence electrons. The largest absolute Gasteiger partial charge is 0.490 e. The summed E-state index contributed by atoms with van der Waals surface area (Å²) in [6.07, 6.45) is 8.16. The highest BCUT2D eigenvalue weighted by atomic mass is 32.2. The number of sulfonamides is 1. The minimum atomic E-state index is -3.82. The molecule has 0 saturated heterocycles. The average molecular weight is 673 g/mol. The van der Waals surface area contributed by atoms with Crippen LogP contribution in [0.4, 0.5) is 0 Å². The lowest BCUT2D eigenvalue weighted by molar-refractivity contribution is -0.140. The van der Waals surface area contributed by atoms with E-state index in [2.05, 4.69) is 21.8 Å². The van der Waals surface area contributed by atoms with E-state index < -0.39 is 56.5 Å². The Balaban J connectivity index is 1.17. The lowest BCUT2D eigenvalue weighted by Crippen LogP contribution is -2.54. The third kappa shape index (κ3) is 6.02. The van der Waals surface area contributed by atoms with Gasteiger partial charge in [0.1, 0.15) is 29.7 Å². The minimum Gasteiger partial charge on any atom is -0.490 e. The van der Waals surface area contributed by atoms with Crippen molar-refractivity contribution < 1.29 is 32.4 Å². The Labute approximate surface area is 280 Å². The average Bonchev–Trinajstić information content (AvgIpc) is 3.99. The second kappa shape index (κ2) is 12.5. The smallest absolute Gasteiger partial charge is 0.259 e. The van der Waals surface area contributed by atoms with Gasteiger partial charge in [0.2, 0.25) is 21.8 Å². The number of hydrogen-bond donors (Lipinski definition) is 2. The maximum absolute atomic E-state index is 14.0. The topological polar surface area (TPSA) is 143 Å². The number of nitrogens with zero attached hydrogens (tertiary/aromatic N) is 2. The molecule has 2 N–H and O–H groups in total. The van der Waals surface area contributed by atoms with Crippen molar-refractivity contribution >= 4 is 33.5 Å². The molecule has 0 aromatic heterocycles. The minimum absolute atomic E-state index is 0.186. The lowest BCUT2D eigenvalue weighted by atomic mass is 9.93. The summed E-state index contributed by atoms with van der Waals surface area (Å²) >= 11 is 0. The first-order valence-electron chi connectivity index (χ1n) is 16.6. The van der Waals surface area contributed by atoms with Crippen LogP contribution in [0.2, 0.25) is 0 Å². The number of amides is 3. The summed E-state index contributed by atoms with van der Waals surface area (Å²) in [5.74, 6) is -2.69. The van der Waals surface area contributed by atoms with E-state index in [1.54, 1.807) is 18.0 Å². The van der Waals surface area contributed by atoms with Gasteiger partial charge in [-0.1, -0.05) is 47.6 Å². The molecule has 3 saturated carbocycles. The highest BCUT2D eigenvalue weighted by Gasteiger charge is 2.62. The predicted molar refractivity (Wildman–Crippen MR) is 179 cm³/mol. The van der Waals surface area contributed by atoms with E-state index in [1.165, 1.54) is 0 Å². The Bertz CT molecular complexity index is 1830. The molecule has 1 heterocycles. The summed E-state index contributed by atoms with van der Waals surface area (Å²) in [5.41, 5.74) is 3.04. The van der Waals surface area contributed by atoms with Crippen LogP contribution in [0.25, 0.3) is 11.1 Å². The standard InChI is InChI=1S/C36H40N4O7S/c1-3-22-21-36(22,35(43)39-48(44,45)25-13-14-25)37-33(41)30-19-24-20-31(30)34(42)40(2)16-8-4-5-9-17-46-23-12-15-27-26-10-6-7-11-28(26)32(38-47-24)29(27)18-23/h3,5-7,9-12,15,18,22,24-25,30-31H,1,4,8,13-14,16-17,19-21H2,2H3,(H,37,41)(H,39,43)/b9-5+,38-32+/t22-,24+,30+,31+,36+/m0/s1. The number of carbonyl (C=O) groups is 3. The van der Waals surface area contributed by atoms with Crippen molar-refractivity contribution in [3.05, 3.63) is 78.4 Å². The van der Waals surface area contributed by atoms with E-state index in [0.29, 0.717) is 37.5 Å². The Hall–Kier alpha value is -4.45. The fourth-order valence-electron chi connectivity index (χ4n) is 7.18. The molecule has 48 heavy (non-hydrogen) atoms. The van der Waals surface area contributed by atoms with Crippen LogP contribution in [0.15, 0.2) is 72.4 Å². The van der Waals surface area contributed by atoms with Crippen molar-refractivity contribution in [2.45, 2.75) is 61.8 Å². The molecule has 3 fully saturated rings. The number of oxime groups is 1. The first kappa shape index (κ1) is 32.1. The molecule has 5 aliphatic rings. The maximum atomic E-state index is 14.0. The summed E-state index contributed by atoms with van der Waals surface area (Å²) in [4.78, 5) is 49.1. The zero-order chi connectivity index (χ0) is 33.6. The predicted octanol–water partition coefficient (Wildman–Crippen LogP) is 3.69. The third-order valence-electron chi connectivity index (χ3n) is 10.2. The van der Waals surface area contributed by atoms with Crippen molar-refractivity contribution in [1.29, 1.82) is 0 Å². The van der Waals surface area contributed by atoms with Crippen LogP contribution in [0.1, 0.15) is 56.1 Å². The van der Waals surface area contributed by atoms with Crippen molar-refractivity contribution in [2.24, 2.45) is 22.9 Å². The monoisotopic (exact) mass is 672 g/mol. The fraction of sp³-hybridized carbons (Fsp3) is 0.444. The molecule has 0 radical (unpaired) electrons. The Morgan fingerprint density at radius 3 is 2.58 bits per heavy atom. The molecule has 3 amide bonds. The molecule has 0 spiro atoms. The Morgan fingerprint density at radius 1 is 1.06 bits per heavy atom. The van der Waals surface area contributed by atoms with Crippen LogP contribution in [0, 0.1) is 17.8 Å². The molecule has 0 unspecified atom stereocenters. The van der Waals surface area contributed by atoms with Crippen molar-refractivity contribution in [3.63, 3.8) is 0 Å². The number of hydrogen-bond acceptors (Lipinski definition) is 8. The highest BCUT2D eigenvalue weighted by molar-refractivity contribution is 7.91. The SMILES string of the molecule is C=C[C@H]1C[C@]1(NC(=O)[C@@H]1C[C@@H]2C[C@H]1C(=O)N(C)CCC/C=C/COc1ccc3c(c1)/C(=N/O2)c1ccccc1-3)C(=O)NS(=O)(=O)C1CC1. The van der Waals surface area contributed by atoms with Crippen LogP contribution in [0.3, 0.4) is 0 Å². The van der Waals surface area contributed by atoms with E-state index in [1.807, 2.05) is 54.6 Å². The molecule has 1 aliphatic heterocycles. The molecule has 4 aliphatic carbocycles. The second-order valence-corrected chi connectivity index (χ2v) is 15.4. The van der Waals surface area contributed by atoms with E-state index in [-0.39, 0.29) is 25.2 Å². The first-order chi connectivity index (χ1) is 23.1. The van der Waals surface area contributed by atoms with Crippen molar-refractivity contribution in [3.8, 4) is 16.9 Å². The maximum Gasteiger partial charge on any atom is 0.259 e. The van der Waals surface area contributed by atoms with Gasteiger partial charge in [0.15, 0.2) is 0 Å². The lowest BCUT2D eigenvalue weighted by Gasteiger charge is -2.26. The number of nitrogens with one attached hydrogen (secondary N) is 2. The summed E-state index contributed by atoms with van der Waals surface area (Å²) in [7, 11) is -2.09. The van der Waals surface area contributed by atoms with Gasteiger partial charge in [-0.3, -0.25) is 19.1 Å². The molecule has 7 rings (SSSR count). The van der Waals surface area contributed by atoms with Gasteiger partial charge in [0.25, 0.3) is 5.91 Å². The van der Waals surface area contributed by atoms with Gasteiger partial charge < -0.3 is 19.8 Å². The zero-order valence-electron chi connectivity index (χ0n) is 26.9. The molecule has 2 aromatic rings. The summed E-state index contributed by atoms with van der Waals surface area (Å²) in [6, 6.07) is 13.9. The number of ether oxygens (including phenoxy) is 1. The van der Waals surface area contributed by atoms with Crippen LogP contribution in [0.5, 0.6) is 5.75 Å². The molecule has 5 atom stereocenters. The van der Waals surface area contributed by atoms with Gasteiger partial charge in [-0.15, -0.1) is 6.58 Å². The van der Waals surface area contributed by atoms with E-state index in [9.17, 15) is 22.8 Å². The van der Waals surface area contributed by atoms with Gasteiger partial charge in [-0.25, -0.2) is 8.42 Å². The zero-order valence-corrected chi connectivity index (χ0v) is 27.7. The molecule has 11 nitrogen and oxygen atoms in total. The summed E-state index contributed by atoms with van der Waals surface area (Å²) in [6.45, 7) is 4.68. The highest BCUT2D eigenvalue weighted by Crippen LogP contribution is 2.47. The van der Waals surface area contributed by atoms with E-state index in [0.717, 1.165) is 35.1 Å². The normalized spacial score (nSPS) is 29.9. The molecular weight excluding hydrogens is 632 g/mol. The quantitative estimate of drug-likeness (QED) is 0.381. The Kier molecular flexibility index (Phi) is 8.39. The van der Waals surface area contributed by atoms with Crippen LogP contribution in [-0.2, 0) is 29.2 Å². The summed E-state index contributed by atoms with van der Waals surface area (Å²) in [5, 5.41) is 6.91. The van der Waals surface area contributed by atoms with Crippen LogP contribution >= 0.6 is 0 Å². The van der Waals surface area contributed by atoms with Gasteiger partial charge in [-0.2, -0.15) is 0 Å². The number of benzene rings is 2. The second-order valence-electron chi connectivity index (χ2n) is 13.5. The van der Waals surface area contributed by atoms with Gasteiger partial charge in [0, 0.05) is 30.6 Å². The first-order valence-corrected chi connectivity index (χ1v) is 18.2. The molecule has 4 bridgehead atoms. The third-order valence-corrected chi connectivity index (χ3v) is 12.0. The van der Waals surface area contributed by atoms with E-state index in [4.69, 9.17) is 9.57 Å². The van der Waals surface area contributed by atoms with Crippen LogP contribution < -0.4 is 14.8 Å². The summed E-state index contributed by atoms with van der Waals surface area (Å²) < 4.78 is 33.4.